The maximum absolute atomic E-state index is 4.22. The van der Waals surface area contributed by atoms with E-state index >= 15 is 0 Å². The summed E-state index contributed by atoms with van der Waals surface area (Å²) in [5, 5.41) is 9.42. The first kappa shape index (κ1) is 9.17. The Balaban J connectivity index is 2.14. The molecule has 0 aliphatic rings. The Hall–Kier alpha value is -0.400. The average Bonchev–Trinajstić information content (AvgIpc) is 2.62. The van der Waals surface area contributed by atoms with Crippen LogP contribution in [0.3, 0.4) is 0 Å². The summed E-state index contributed by atoms with van der Waals surface area (Å²) in [6, 6.07) is 0. The second-order valence-electron chi connectivity index (χ2n) is 2.24. The fourth-order valence-corrected chi connectivity index (χ4v) is 2.96. The molecule has 1 N–H and O–H groups in total. The molecule has 0 aliphatic heterocycles. The van der Waals surface area contributed by atoms with E-state index in [4.69, 9.17) is 0 Å². The van der Waals surface area contributed by atoms with Crippen LogP contribution in [0.15, 0.2) is 19.5 Å². The van der Waals surface area contributed by atoms with Crippen LogP contribution in [0.4, 0.5) is 0 Å². The zero-order valence-electron chi connectivity index (χ0n) is 6.61. The molecular formula is C6H5BrN4S2. The van der Waals surface area contributed by atoms with Gasteiger partial charge in [0.2, 0.25) is 5.16 Å². The molecule has 4 nitrogen and oxygen atoms in total. The van der Waals surface area contributed by atoms with E-state index in [1.807, 2.05) is 12.3 Å². The SMILES string of the molecule is Cc1nc(Sc2nc(Br)cs2)n[nH]1. The Morgan fingerprint density at radius 1 is 1.54 bits per heavy atom. The number of aromatic nitrogens is 4. The van der Waals surface area contributed by atoms with Crippen LogP contribution < -0.4 is 0 Å². The van der Waals surface area contributed by atoms with Crippen LogP contribution >= 0.6 is 39.0 Å². The monoisotopic (exact) mass is 276 g/mol. The zero-order valence-corrected chi connectivity index (χ0v) is 9.83. The molecule has 0 aliphatic carbocycles. The first-order chi connectivity index (χ1) is 6.24. The number of halogens is 1. The number of aromatic amines is 1. The molecule has 68 valence electrons. The third-order valence-electron chi connectivity index (χ3n) is 1.21. The number of H-pyrrole nitrogens is 1. The summed E-state index contributed by atoms with van der Waals surface area (Å²) in [7, 11) is 0. The Morgan fingerprint density at radius 2 is 2.38 bits per heavy atom. The quantitative estimate of drug-likeness (QED) is 0.916. The van der Waals surface area contributed by atoms with Gasteiger partial charge in [-0.25, -0.2) is 9.97 Å². The first-order valence-corrected chi connectivity index (χ1v) is 5.91. The van der Waals surface area contributed by atoms with Gasteiger partial charge in [-0.3, -0.25) is 5.10 Å². The Bertz CT molecular complexity index is 372. The molecule has 0 bridgehead atoms. The third-order valence-corrected chi connectivity index (χ3v) is 3.72. The van der Waals surface area contributed by atoms with Gasteiger partial charge in [0.05, 0.1) is 0 Å². The number of nitrogens with zero attached hydrogens (tertiary/aromatic N) is 3. The predicted octanol–water partition coefficient (Wildman–Crippen LogP) is 2.48. The molecule has 13 heavy (non-hydrogen) atoms. The molecule has 2 aromatic heterocycles. The molecule has 2 aromatic rings. The van der Waals surface area contributed by atoms with Crippen molar-refractivity contribution in [3.63, 3.8) is 0 Å². The van der Waals surface area contributed by atoms with Crippen molar-refractivity contribution in [3.8, 4) is 0 Å². The number of hydrogen-bond donors (Lipinski definition) is 1. The second kappa shape index (κ2) is 3.77. The fourth-order valence-electron chi connectivity index (χ4n) is 0.732. The minimum absolute atomic E-state index is 0.708. The van der Waals surface area contributed by atoms with E-state index in [0.29, 0.717) is 5.16 Å². The molecular weight excluding hydrogens is 272 g/mol. The van der Waals surface area contributed by atoms with E-state index in [1.165, 1.54) is 11.8 Å². The van der Waals surface area contributed by atoms with Gasteiger partial charge in [0.15, 0.2) is 4.34 Å². The summed E-state index contributed by atoms with van der Waals surface area (Å²) in [5.74, 6) is 0.818. The summed E-state index contributed by atoms with van der Waals surface area (Å²) >= 11 is 6.31. The standard InChI is InChI=1S/C6H5BrN4S2/c1-3-8-5(11-10-3)13-6-9-4(7)2-12-6/h2H,1H3,(H,8,10,11). The summed E-state index contributed by atoms with van der Waals surface area (Å²) in [4.78, 5) is 8.38. The van der Waals surface area contributed by atoms with Crippen LogP contribution in [0.25, 0.3) is 0 Å². The van der Waals surface area contributed by atoms with Crippen molar-refractivity contribution >= 4 is 39.0 Å². The maximum Gasteiger partial charge on any atom is 0.215 e. The summed E-state index contributed by atoms with van der Waals surface area (Å²) in [6.45, 7) is 1.87. The summed E-state index contributed by atoms with van der Waals surface area (Å²) < 4.78 is 1.79. The number of aryl methyl sites for hydroxylation is 1. The molecule has 2 heterocycles. The highest BCUT2D eigenvalue weighted by atomic mass is 79.9. The molecule has 0 amide bonds. The van der Waals surface area contributed by atoms with Crippen molar-refractivity contribution in [2.24, 2.45) is 0 Å². The molecule has 0 saturated heterocycles. The van der Waals surface area contributed by atoms with E-state index in [9.17, 15) is 0 Å². The van der Waals surface area contributed by atoms with Crippen LogP contribution in [0.1, 0.15) is 5.82 Å². The van der Waals surface area contributed by atoms with Crippen LogP contribution in [0, 0.1) is 6.92 Å². The number of nitrogens with one attached hydrogen (secondary N) is 1. The van der Waals surface area contributed by atoms with Crippen LogP contribution in [0.2, 0.25) is 0 Å². The molecule has 0 atom stereocenters. The highest BCUT2D eigenvalue weighted by Gasteiger charge is 2.05. The van der Waals surface area contributed by atoms with Gasteiger partial charge in [0, 0.05) is 5.38 Å². The summed E-state index contributed by atoms with van der Waals surface area (Å²) in [6.07, 6.45) is 0. The minimum atomic E-state index is 0.708. The van der Waals surface area contributed by atoms with Crippen LogP contribution in [0.5, 0.6) is 0 Å². The number of hydrogen-bond acceptors (Lipinski definition) is 5. The average molecular weight is 277 g/mol. The largest absolute Gasteiger partial charge is 0.262 e. The van der Waals surface area contributed by atoms with Gasteiger partial charge in [-0.05, 0) is 34.6 Å². The summed E-state index contributed by atoms with van der Waals surface area (Å²) in [5.41, 5.74) is 0. The molecule has 7 heteroatoms. The molecule has 0 radical (unpaired) electrons. The lowest BCUT2D eigenvalue weighted by Crippen LogP contribution is -1.74. The van der Waals surface area contributed by atoms with E-state index in [1.54, 1.807) is 11.3 Å². The smallest absolute Gasteiger partial charge is 0.215 e. The lowest BCUT2D eigenvalue weighted by molar-refractivity contribution is 0.968. The normalized spacial score (nSPS) is 10.6. The van der Waals surface area contributed by atoms with Crippen molar-refractivity contribution < 1.29 is 0 Å². The molecule has 0 spiro atoms. The highest BCUT2D eigenvalue weighted by molar-refractivity contribution is 9.10. The van der Waals surface area contributed by atoms with Crippen molar-refractivity contribution in [3.05, 3.63) is 15.8 Å². The van der Waals surface area contributed by atoms with E-state index in [-0.39, 0.29) is 0 Å². The van der Waals surface area contributed by atoms with E-state index in [2.05, 4.69) is 36.1 Å². The van der Waals surface area contributed by atoms with Gasteiger partial charge in [-0.1, -0.05) is 0 Å². The Kier molecular flexibility index (Phi) is 2.66. The molecule has 0 saturated carbocycles. The predicted molar refractivity (Wildman–Crippen MR) is 55.1 cm³/mol. The Labute approximate surface area is 91.3 Å². The van der Waals surface area contributed by atoms with Gasteiger partial charge >= 0.3 is 0 Å². The van der Waals surface area contributed by atoms with Crippen molar-refractivity contribution in [2.75, 3.05) is 0 Å². The van der Waals surface area contributed by atoms with Gasteiger partial charge in [-0.15, -0.1) is 16.4 Å². The molecule has 0 aromatic carbocycles. The van der Waals surface area contributed by atoms with E-state index < -0.39 is 0 Å². The molecule has 2 rings (SSSR count). The number of thiazole rings is 1. The minimum Gasteiger partial charge on any atom is -0.262 e. The fraction of sp³-hybridized carbons (Fsp3) is 0.167. The zero-order chi connectivity index (χ0) is 9.26. The first-order valence-electron chi connectivity index (χ1n) is 3.42. The topological polar surface area (TPSA) is 54.5 Å². The Morgan fingerprint density at radius 3 is 2.92 bits per heavy atom. The molecule has 0 fully saturated rings. The lowest BCUT2D eigenvalue weighted by Gasteiger charge is -1.86. The lowest BCUT2D eigenvalue weighted by atomic mass is 10.8. The van der Waals surface area contributed by atoms with Gasteiger partial charge in [-0.2, -0.15) is 0 Å². The van der Waals surface area contributed by atoms with E-state index in [0.717, 1.165) is 14.8 Å². The van der Waals surface area contributed by atoms with Crippen molar-refractivity contribution in [1.82, 2.24) is 20.2 Å². The van der Waals surface area contributed by atoms with Gasteiger partial charge < -0.3 is 0 Å². The highest BCUT2D eigenvalue weighted by Crippen LogP contribution is 2.29. The second-order valence-corrected chi connectivity index (χ2v) is 5.13. The number of rotatable bonds is 2. The third kappa shape index (κ3) is 2.29. The van der Waals surface area contributed by atoms with Crippen LogP contribution in [-0.2, 0) is 0 Å². The van der Waals surface area contributed by atoms with Gasteiger partial charge in [0.25, 0.3) is 0 Å². The molecule has 0 unspecified atom stereocenters. The van der Waals surface area contributed by atoms with Gasteiger partial charge in [0.1, 0.15) is 10.4 Å². The maximum atomic E-state index is 4.22. The van der Waals surface area contributed by atoms with Crippen molar-refractivity contribution in [1.29, 1.82) is 0 Å². The van der Waals surface area contributed by atoms with Crippen molar-refractivity contribution in [2.45, 2.75) is 16.4 Å². The van der Waals surface area contributed by atoms with Crippen LogP contribution in [-0.4, -0.2) is 20.2 Å².